The summed E-state index contributed by atoms with van der Waals surface area (Å²) in [5.41, 5.74) is 1.80. The van der Waals surface area contributed by atoms with Gasteiger partial charge in [-0.3, -0.25) is 14.4 Å². The molecule has 87 heavy (non-hydrogen) atoms. The fourth-order valence-corrected chi connectivity index (χ4v) is 11.3. The highest BCUT2D eigenvalue weighted by molar-refractivity contribution is 7.22. The Hall–Kier alpha value is -7.31. The zero-order chi connectivity index (χ0) is 62.0. The fourth-order valence-electron chi connectivity index (χ4n) is 10.2. The zero-order valence-electron chi connectivity index (χ0n) is 50.6. The van der Waals surface area contributed by atoms with Crippen LogP contribution in [0.1, 0.15) is 165 Å². The third-order valence-electron chi connectivity index (χ3n) is 15.2. The van der Waals surface area contributed by atoms with E-state index in [1.807, 2.05) is 19.2 Å². The van der Waals surface area contributed by atoms with Gasteiger partial charge in [-0.1, -0.05) is 55.9 Å². The first kappa shape index (κ1) is 68.8. The van der Waals surface area contributed by atoms with Crippen molar-refractivity contribution in [3.05, 3.63) is 127 Å². The molecule has 3 aliphatic rings. The number of carbonyl (C=O) groups is 6. The summed E-state index contributed by atoms with van der Waals surface area (Å²) >= 11 is 7.27. The second-order valence-electron chi connectivity index (χ2n) is 21.7. The maximum absolute atomic E-state index is 13.1. The summed E-state index contributed by atoms with van der Waals surface area (Å²) < 4.78 is 45.6. The molecule has 7 rings (SSSR count). The number of alkyl halides is 1. The lowest BCUT2D eigenvalue weighted by Crippen LogP contribution is -2.32. The van der Waals surface area contributed by atoms with Gasteiger partial charge in [0.1, 0.15) is 35.2 Å². The minimum atomic E-state index is -0.506. The second kappa shape index (κ2) is 38.8. The van der Waals surface area contributed by atoms with E-state index in [-0.39, 0.29) is 54.0 Å². The van der Waals surface area contributed by atoms with Crippen LogP contribution in [-0.2, 0) is 47.7 Å². The van der Waals surface area contributed by atoms with Crippen LogP contribution >= 0.6 is 22.9 Å². The van der Waals surface area contributed by atoms with Crippen LogP contribution in [0.4, 0.5) is 5.13 Å². The molecular weight excluding hydrogens is 1150 g/mol. The number of fused-ring (bicyclic) bond motifs is 1. The lowest BCUT2D eigenvalue weighted by Gasteiger charge is -2.29. The molecule has 0 unspecified atom stereocenters. The predicted octanol–water partition coefficient (Wildman–Crippen LogP) is 14.9. The number of unbranched alkanes of at least 4 members (excludes halogenated alkanes) is 6. The van der Waals surface area contributed by atoms with Gasteiger partial charge in [-0.25, -0.2) is 24.4 Å². The van der Waals surface area contributed by atoms with Crippen molar-refractivity contribution >= 4 is 80.3 Å². The summed E-state index contributed by atoms with van der Waals surface area (Å²) in [6, 6.07) is 22.6. The van der Waals surface area contributed by atoms with Crippen molar-refractivity contribution in [1.29, 1.82) is 0 Å². The van der Waals surface area contributed by atoms with Crippen LogP contribution in [0.15, 0.2) is 127 Å². The molecule has 1 aromatic heterocycles. The summed E-state index contributed by atoms with van der Waals surface area (Å²) in [6.07, 6.45) is 24.5. The second-order valence-corrected chi connectivity index (χ2v) is 23.1. The monoisotopic (exact) mass is 1240 g/mol. The van der Waals surface area contributed by atoms with Crippen molar-refractivity contribution in [1.82, 2.24) is 4.98 Å². The summed E-state index contributed by atoms with van der Waals surface area (Å²) in [5.74, 6) is -0.852. The minimum absolute atomic E-state index is 0.191. The molecule has 1 heterocycles. The molecule has 17 nitrogen and oxygen atoms in total. The van der Waals surface area contributed by atoms with E-state index >= 15 is 0 Å². The van der Waals surface area contributed by atoms with Gasteiger partial charge in [-0.05, 0) is 208 Å². The Kier molecular flexibility index (Phi) is 30.7. The fraction of sp³-hybridized carbons (Fsp3) is 0.500. The normalized spacial score (nSPS) is 18.1. The Balaban J connectivity index is 0.000000532. The van der Waals surface area contributed by atoms with Crippen molar-refractivity contribution in [2.24, 2.45) is 16.9 Å². The molecule has 3 aliphatic carbocycles. The topological polar surface area (TPSA) is 205 Å². The van der Waals surface area contributed by atoms with E-state index < -0.39 is 23.9 Å². The number of allylic oxidation sites excluding steroid dienone is 3. The van der Waals surface area contributed by atoms with Gasteiger partial charge in [0, 0.05) is 23.7 Å². The van der Waals surface area contributed by atoms with Gasteiger partial charge in [0.05, 0.1) is 66.5 Å². The summed E-state index contributed by atoms with van der Waals surface area (Å²) in [7, 11) is 0. The number of benzene rings is 3. The number of hydrogen-bond acceptors (Lipinski definition) is 18. The number of nitrogens with zero attached hydrogens (tertiary/aromatic N) is 3. The zero-order valence-corrected chi connectivity index (χ0v) is 52.1. The van der Waals surface area contributed by atoms with Crippen molar-refractivity contribution in [3.8, 4) is 17.2 Å². The first-order chi connectivity index (χ1) is 42.3. The Bertz CT molecular complexity index is 2870. The molecule has 0 amide bonds. The average molecular weight is 1240 g/mol. The molecule has 3 fully saturated rings. The molecule has 470 valence electrons. The number of esters is 6. The summed E-state index contributed by atoms with van der Waals surface area (Å²) in [6.45, 7) is 12.6. The van der Waals surface area contributed by atoms with Crippen LogP contribution in [0, 0.1) is 11.8 Å². The Labute approximate surface area is 521 Å². The number of thiazole rings is 1. The number of hydrazone groups is 1. The molecule has 19 heteroatoms. The molecule has 3 saturated carbocycles. The molecule has 0 saturated heterocycles. The summed E-state index contributed by atoms with van der Waals surface area (Å²) in [4.78, 5) is 78.9. The Morgan fingerprint density at radius 1 is 0.644 bits per heavy atom. The Morgan fingerprint density at radius 3 is 1.79 bits per heavy atom. The average Bonchev–Trinajstić information content (AvgIpc) is 3.42. The quantitative estimate of drug-likeness (QED) is 0.00426. The van der Waals surface area contributed by atoms with Crippen LogP contribution < -0.4 is 19.2 Å². The number of anilines is 1. The maximum atomic E-state index is 13.1. The smallest absolute Gasteiger partial charge is 0.338 e. The standard InChI is InChI=1S/C53H67ClO14.C15H19N3S/c1-4-42(65-51(58)40-19-26-46(27-20-40)67-52(59)39-15-22-43(23-16-39)61-34-10-7-9-13-37-64-49(56)32-33-54)21-14-38(3)50(57)66-45-24-17-41(18-25-45)53(60)68-47-30-28-44(29-31-47)62-35-11-6-8-12-36-63-48(55)5-2;1-2-16-18(12-8-4-3-5-9-12)15-17-13-10-6-7-11-14(13)19-15/h4-5,14-16,21-23,28-31,40-41,45-46H,1-2,6-13,17-20,24-27,32-37H2,3H3;2,6-7,10-12H,3-5,8-9H2,1H3/b38-14+,42-21+;16-2+. The van der Waals surface area contributed by atoms with Crippen LogP contribution in [0.3, 0.4) is 0 Å². The van der Waals surface area contributed by atoms with Gasteiger partial charge in [0.25, 0.3) is 0 Å². The molecule has 0 atom stereocenters. The highest BCUT2D eigenvalue weighted by Crippen LogP contribution is 2.35. The van der Waals surface area contributed by atoms with Crippen molar-refractivity contribution in [3.63, 3.8) is 0 Å². The van der Waals surface area contributed by atoms with E-state index in [0.29, 0.717) is 112 Å². The van der Waals surface area contributed by atoms with Crippen LogP contribution in [0.25, 0.3) is 10.2 Å². The van der Waals surface area contributed by atoms with Crippen LogP contribution in [-0.4, -0.2) is 97.6 Å². The molecular formula is C68H86ClN3O14S. The van der Waals surface area contributed by atoms with E-state index in [9.17, 15) is 28.8 Å². The number of hydrogen-bond donors (Lipinski definition) is 0. The highest BCUT2D eigenvalue weighted by atomic mass is 35.5. The largest absolute Gasteiger partial charge is 0.494 e. The van der Waals surface area contributed by atoms with Gasteiger partial charge in [-0.2, -0.15) is 5.10 Å². The van der Waals surface area contributed by atoms with Gasteiger partial charge < -0.3 is 37.9 Å². The van der Waals surface area contributed by atoms with E-state index in [0.717, 1.165) is 68.1 Å². The number of rotatable bonds is 32. The van der Waals surface area contributed by atoms with Gasteiger partial charge in [0.2, 0.25) is 5.13 Å². The number of carbonyl (C=O) groups excluding carboxylic acids is 6. The molecule has 0 aliphatic heterocycles. The lowest BCUT2D eigenvalue weighted by molar-refractivity contribution is -0.148. The molecule has 0 radical (unpaired) electrons. The molecule has 4 aromatic rings. The van der Waals surface area contributed by atoms with Gasteiger partial charge in [0.15, 0.2) is 0 Å². The maximum Gasteiger partial charge on any atom is 0.338 e. The van der Waals surface area contributed by atoms with E-state index in [2.05, 4.69) is 41.5 Å². The van der Waals surface area contributed by atoms with E-state index in [4.69, 9.17) is 54.5 Å². The SMILES string of the molecule is C/C=N/N(c1nc2ccccc2s1)C1CCCCC1.C=CC(=O)OCCCCCCOc1ccc(OC(=O)C2CCC(OC(=O)/C(C)=C/C=C(\C=C)OC(=O)C3CCC(OC(=O)c4ccc(OCCCCCCOC(=O)CCCl)cc4)CC3)CC2)cc1. The van der Waals surface area contributed by atoms with E-state index in [1.54, 1.807) is 66.8 Å². The van der Waals surface area contributed by atoms with Crippen LogP contribution in [0.5, 0.6) is 17.2 Å². The van der Waals surface area contributed by atoms with Crippen LogP contribution in [0.2, 0.25) is 0 Å². The van der Waals surface area contributed by atoms with E-state index in [1.165, 1.54) is 55.0 Å². The first-order valence-corrected chi connectivity index (χ1v) is 32.2. The highest BCUT2D eigenvalue weighted by Gasteiger charge is 2.32. The van der Waals surface area contributed by atoms with Gasteiger partial charge in [-0.15, -0.1) is 11.6 Å². The van der Waals surface area contributed by atoms with Gasteiger partial charge >= 0.3 is 35.8 Å². The number of halogens is 1. The number of ether oxygens (including phenoxy) is 8. The van der Waals surface area contributed by atoms with Crippen molar-refractivity contribution < 1.29 is 66.7 Å². The third-order valence-corrected chi connectivity index (χ3v) is 16.4. The minimum Gasteiger partial charge on any atom is -0.494 e. The molecule has 0 spiro atoms. The number of para-hydroxylation sites is 1. The first-order valence-electron chi connectivity index (χ1n) is 30.8. The molecule has 0 N–H and O–H groups in total. The molecule has 0 bridgehead atoms. The predicted molar refractivity (Wildman–Crippen MR) is 338 cm³/mol. The third kappa shape index (κ3) is 24.8. The number of aromatic nitrogens is 1. The summed E-state index contributed by atoms with van der Waals surface area (Å²) in [5, 5.41) is 7.75. The lowest BCUT2D eigenvalue weighted by atomic mass is 9.87. The molecule has 3 aromatic carbocycles. The van der Waals surface area contributed by atoms with Crippen molar-refractivity contribution in [2.75, 3.05) is 37.3 Å². The van der Waals surface area contributed by atoms with Crippen molar-refractivity contribution in [2.45, 2.75) is 173 Å². The Morgan fingerprint density at radius 2 is 1.21 bits per heavy atom.